The van der Waals surface area contributed by atoms with Gasteiger partial charge in [0.1, 0.15) is 12.1 Å². The van der Waals surface area contributed by atoms with Crippen LogP contribution in [0, 0.1) is 11.8 Å². The van der Waals surface area contributed by atoms with Gasteiger partial charge in [-0.3, -0.25) is 9.48 Å². The SMILES string of the molecule is Cn1ncc2c(N3CCC(C4CCCCCN4C(=O)C4CC4)CC3)ncnc21. The number of rotatable bonds is 3. The van der Waals surface area contributed by atoms with Gasteiger partial charge in [0.15, 0.2) is 5.65 Å². The molecular weight excluding hydrogens is 352 g/mol. The van der Waals surface area contributed by atoms with E-state index in [-0.39, 0.29) is 0 Å². The molecular formula is C21H30N6O. The van der Waals surface area contributed by atoms with Gasteiger partial charge in [-0.15, -0.1) is 0 Å². The average molecular weight is 383 g/mol. The third kappa shape index (κ3) is 3.25. The Morgan fingerprint density at radius 2 is 1.82 bits per heavy atom. The van der Waals surface area contributed by atoms with E-state index < -0.39 is 0 Å². The molecule has 1 amide bonds. The molecule has 0 bridgehead atoms. The van der Waals surface area contributed by atoms with Crippen LogP contribution in [0.3, 0.4) is 0 Å². The van der Waals surface area contributed by atoms with Crippen molar-refractivity contribution in [3.8, 4) is 0 Å². The van der Waals surface area contributed by atoms with Crippen molar-refractivity contribution in [3.63, 3.8) is 0 Å². The van der Waals surface area contributed by atoms with Gasteiger partial charge in [-0.05, 0) is 44.4 Å². The molecule has 5 rings (SSSR count). The topological polar surface area (TPSA) is 67.2 Å². The predicted octanol–water partition coefficient (Wildman–Crippen LogP) is 2.76. The summed E-state index contributed by atoms with van der Waals surface area (Å²) in [4.78, 5) is 26.5. The molecule has 7 nitrogen and oxygen atoms in total. The van der Waals surface area contributed by atoms with E-state index in [4.69, 9.17) is 0 Å². The zero-order valence-electron chi connectivity index (χ0n) is 16.8. The molecule has 0 aromatic carbocycles. The molecule has 0 N–H and O–H groups in total. The summed E-state index contributed by atoms with van der Waals surface area (Å²) in [6, 6.07) is 0.446. The molecule has 1 aliphatic carbocycles. The van der Waals surface area contributed by atoms with E-state index in [1.54, 1.807) is 11.0 Å². The Kier molecular flexibility index (Phi) is 4.69. The van der Waals surface area contributed by atoms with Gasteiger partial charge in [0, 0.05) is 38.6 Å². The monoisotopic (exact) mass is 382 g/mol. The largest absolute Gasteiger partial charge is 0.356 e. The third-order valence-corrected chi connectivity index (χ3v) is 6.90. The highest BCUT2D eigenvalue weighted by Gasteiger charge is 2.40. The number of aromatic nitrogens is 4. The fourth-order valence-corrected chi connectivity index (χ4v) is 5.16. The summed E-state index contributed by atoms with van der Waals surface area (Å²) in [5.41, 5.74) is 0.886. The van der Waals surface area contributed by atoms with Crippen molar-refractivity contribution in [2.75, 3.05) is 24.5 Å². The van der Waals surface area contributed by atoms with Gasteiger partial charge in [0.2, 0.25) is 5.91 Å². The molecule has 2 aromatic heterocycles. The summed E-state index contributed by atoms with van der Waals surface area (Å²) in [6.45, 7) is 2.96. The van der Waals surface area contributed by atoms with Crippen LogP contribution >= 0.6 is 0 Å². The van der Waals surface area contributed by atoms with E-state index in [0.717, 1.165) is 62.2 Å². The van der Waals surface area contributed by atoms with Gasteiger partial charge in [0.25, 0.3) is 0 Å². The molecule has 3 fully saturated rings. The van der Waals surface area contributed by atoms with Gasteiger partial charge < -0.3 is 9.80 Å². The lowest BCUT2D eigenvalue weighted by Crippen LogP contribution is -2.48. The molecule has 7 heteroatoms. The molecule has 3 aliphatic rings. The predicted molar refractivity (Wildman–Crippen MR) is 108 cm³/mol. The fraction of sp³-hybridized carbons (Fsp3) is 0.714. The number of aryl methyl sites for hydroxylation is 1. The fourth-order valence-electron chi connectivity index (χ4n) is 5.16. The second-order valence-corrected chi connectivity index (χ2v) is 8.75. The molecule has 28 heavy (non-hydrogen) atoms. The van der Waals surface area contributed by atoms with Crippen molar-refractivity contribution < 1.29 is 4.79 Å². The van der Waals surface area contributed by atoms with Gasteiger partial charge in [-0.1, -0.05) is 12.8 Å². The first-order valence-electron chi connectivity index (χ1n) is 10.9. The van der Waals surface area contributed by atoms with Gasteiger partial charge in [-0.25, -0.2) is 9.97 Å². The standard InChI is InChI=1S/C21H30N6O/c1-25-19-17(13-24-25)20(23-14-22-19)26-11-8-15(9-12-26)18-5-3-2-4-10-27(18)21(28)16-6-7-16/h13-16,18H,2-12H2,1H3. The van der Waals surface area contributed by atoms with Crippen LogP contribution in [0.4, 0.5) is 5.82 Å². The number of fused-ring (bicyclic) bond motifs is 1. The minimum atomic E-state index is 0.334. The summed E-state index contributed by atoms with van der Waals surface area (Å²) >= 11 is 0. The molecule has 1 unspecified atom stereocenters. The Labute approximate surface area is 166 Å². The van der Waals surface area contributed by atoms with E-state index in [2.05, 4.69) is 24.9 Å². The van der Waals surface area contributed by atoms with Crippen molar-refractivity contribution in [2.24, 2.45) is 18.9 Å². The summed E-state index contributed by atoms with van der Waals surface area (Å²) in [7, 11) is 1.92. The molecule has 2 aromatic rings. The van der Waals surface area contributed by atoms with Crippen LogP contribution in [0.25, 0.3) is 11.0 Å². The van der Waals surface area contributed by atoms with Gasteiger partial charge in [-0.2, -0.15) is 5.10 Å². The van der Waals surface area contributed by atoms with Crippen LogP contribution in [0.2, 0.25) is 0 Å². The van der Waals surface area contributed by atoms with Gasteiger partial charge in [0.05, 0.1) is 11.6 Å². The number of carbonyl (C=O) groups is 1. The molecule has 0 radical (unpaired) electrons. The summed E-state index contributed by atoms with van der Waals surface area (Å²) < 4.78 is 1.81. The number of anilines is 1. The number of hydrogen-bond donors (Lipinski definition) is 0. The number of likely N-dealkylation sites (tertiary alicyclic amines) is 1. The summed E-state index contributed by atoms with van der Waals surface area (Å²) in [5, 5.41) is 5.38. The molecule has 2 saturated heterocycles. The third-order valence-electron chi connectivity index (χ3n) is 6.90. The molecule has 150 valence electrons. The minimum Gasteiger partial charge on any atom is -0.356 e. The average Bonchev–Trinajstić information content (AvgIpc) is 3.54. The lowest BCUT2D eigenvalue weighted by Gasteiger charge is -2.41. The van der Waals surface area contributed by atoms with Crippen molar-refractivity contribution >= 4 is 22.8 Å². The number of nitrogens with zero attached hydrogens (tertiary/aromatic N) is 6. The highest BCUT2D eigenvalue weighted by atomic mass is 16.2. The minimum absolute atomic E-state index is 0.334. The Morgan fingerprint density at radius 3 is 2.61 bits per heavy atom. The van der Waals surface area contributed by atoms with Crippen molar-refractivity contribution in [3.05, 3.63) is 12.5 Å². The highest BCUT2D eigenvalue weighted by Crippen LogP contribution is 2.37. The zero-order chi connectivity index (χ0) is 19.1. The molecule has 1 atom stereocenters. The normalized spacial score (nSPS) is 24.5. The highest BCUT2D eigenvalue weighted by molar-refractivity contribution is 5.86. The Hall–Kier alpha value is -2.18. The van der Waals surface area contributed by atoms with E-state index in [1.165, 1.54) is 25.7 Å². The maximum Gasteiger partial charge on any atom is 0.225 e. The Morgan fingerprint density at radius 1 is 1.00 bits per heavy atom. The second kappa shape index (κ2) is 7.33. The van der Waals surface area contributed by atoms with E-state index in [9.17, 15) is 4.79 Å². The van der Waals surface area contributed by atoms with E-state index in [1.807, 2.05) is 13.2 Å². The van der Waals surface area contributed by atoms with Crippen molar-refractivity contribution in [1.29, 1.82) is 0 Å². The van der Waals surface area contributed by atoms with E-state index >= 15 is 0 Å². The van der Waals surface area contributed by atoms with Crippen LogP contribution < -0.4 is 4.90 Å². The number of carbonyl (C=O) groups excluding carboxylic acids is 1. The van der Waals surface area contributed by atoms with Crippen LogP contribution in [-0.2, 0) is 11.8 Å². The maximum atomic E-state index is 12.9. The number of piperidine rings is 1. The van der Waals surface area contributed by atoms with Crippen LogP contribution in [0.1, 0.15) is 51.4 Å². The van der Waals surface area contributed by atoms with Crippen LogP contribution in [0.15, 0.2) is 12.5 Å². The summed E-state index contributed by atoms with van der Waals surface area (Å²) in [6.07, 6.45) is 12.9. The maximum absolute atomic E-state index is 12.9. The van der Waals surface area contributed by atoms with Crippen molar-refractivity contribution in [1.82, 2.24) is 24.6 Å². The Bertz CT molecular complexity index is 852. The lowest BCUT2D eigenvalue weighted by atomic mass is 9.86. The van der Waals surface area contributed by atoms with Crippen LogP contribution in [0.5, 0.6) is 0 Å². The molecule has 1 saturated carbocycles. The Balaban J connectivity index is 1.31. The quantitative estimate of drug-likeness (QED) is 0.817. The van der Waals surface area contributed by atoms with Crippen molar-refractivity contribution in [2.45, 2.75) is 57.4 Å². The van der Waals surface area contributed by atoms with E-state index in [0.29, 0.717) is 23.8 Å². The zero-order valence-corrected chi connectivity index (χ0v) is 16.8. The number of hydrogen-bond acceptors (Lipinski definition) is 5. The van der Waals surface area contributed by atoms with Gasteiger partial charge >= 0.3 is 0 Å². The molecule has 4 heterocycles. The second-order valence-electron chi connectivity index (χ2n) is 8.75. The smallest absolute Gasteiger partial charge is 0.225 e. The summed E-state index contributed by atoms with van der Waals surface area (Å²) in [5.74, 6) is 2.40. The van der Waals surface area contributed by atoms with Crippen LogP contribution in [-0.4, -0.2) is 56.2 Å². The first-order chi connectivity index (χ1) is 13.7. The lowest BCUT2D eigenvalue weighted by molar-refractivity contribution is -0.136. The first kappa shape index (κ1) is 17.9. The number of amides is 1. The first-order valence-corrected chi connectivity index (χ1v) is 10.9. The molecule has 0 spiro atoms. The molecule has 2 aliphatic heterocycles.